The minimum Gasteiger partial charge on any atom is -0.320 e. The zero-order chi connectivity index (χ0) is 12.4. The van der Waals surface area contributed by atoms with Crippen molar-refractivity contribution >= 4 is 50.5 Å². The Kier molecular flexibility index (Phi) is 3.81. The van der Waals surface area contributed by atoms with Gasteiger partial charge in [0.25, 0.3) is 5.91 Å². The second kappa shape index (κ2) is 5.16. The summed E-state index contributed by atoms with van der Waals surface area (Å²) in [7, 11) is 0. The molecule has 0 saturated heterocycles. The number of anilines is 1. The van der Waals surface area contributed by atoms with E-state index in [4.69, 9.17) is 11.6 Å². The number of rotatable bonds is 2. The molecule has 17 heavy (non-hydrogen) atoms. The molecule has 1 amide bonds. The van der Waals surface area contributed by atoms with Crippen molar-refractivity contribution in [3.05, 3.63) is 43.8 Å². The van der Waals surface area contributed by atoms with Crippen LogP contribution < -0.4 is 5.32 Å². The number of pyridine rings is 1. The van der Waals surface area contributed by atoms with Crippen molar-refractivity contribution in [3.8, 4) is 0 Å². The summed E-state index contributed by atoms with van der Waals surface area (Å²) in [5, 5.41) is 3.13. The molecule has 0 aliphatic rings. The van der Waals surface area contributed by atoms with Gasteiger partial charge in [-0.05, 0) is 41.1 Å². The molecule has 2 aromatic rings. The van der Waals surface area contributed by atoms with Crippen LogP contribution in [-0.4, -0.2) is 10.9 Å². The van der Waals surface area contributed by atoms with Crippen LogP contribution in [0.2, 0.25) is 5.15 Å². The van der Waals surface area contributed by atoms with Crippen molar-refractivity contribution in [2.24, 2.45) is 0 Å². The molecule has 0 saturated carbocycles. The molecule has 0 aliphatic heterocycles. The maximum Gasteiger partial charge on any atom is 0.265 e. The Hall–Kier alpha value is -0.910. The predicted octanol–water partition coefficient (Wildman–Crippen LogP) is 4.12. The molecule has 0 bridgehead atoms. The van der Waals surface area contributed by atoms with E-state index in [2.05, 4.69) is 26.2 Å². The summed E-state index contributed by atoms with van der Waals surface area (Å²) in [4.78, 5) is 17.6. The highest BCUT2D eigenvalue weighted by Gasteiger charge is 2.09. The number of thiophene rings is 1. The van der Waals surface area contributed by atoms with Crippen molar-refractivity contribution in [2.45, 2.75) is 6.92 Å². The molecule has 0 fully saturated rings. The van der Waals surface area contributed by atoms with E-state index in [0.717, 1.165) is 4.88 Å². The number of nitrogens with one attached hydrogen (secondary N) is 1. The van der Waals surface area contributed by atoms with E-state index >= 15 is 0 Å². The Morgan fingerprint density at radius 3 is 2.88 bits per heavy atom. The highest BCUT2D eigenvalue weighted by Crippen LogP contribution is 2.23. The fraction of sp³-hybridized carbons (Fsp3) is 0.0909. The van der Waals surface area contributed by atoms with Crippen LogP contribution in [0.3, 0.4) is 0 Å². The zero-order valence-corrected chi connectivity index (χ0v) is 12.0. The first-order valence-electron chi connectivity index (χ1n) is 4.75. The van der Waals surface area contributed by atoms with Gasteiger partial charge in [0.15, 0.2) is 0 Å². The number of aromatic nitrogens is 1. The average molecular weight is 332 g/mol. The highest BCUT2D eigenvalue weighted by molar-refractivity contribution is 9.10. The maximum absolute atomic E-state index is 11.8. The summed E-state index contributed by atoms with van der Waals surface area (Å²) in [5.41, 5.74) is 0.609. The van der Waals surface area contributed by atoms with Crippen LogP contribution in [0.1, 0.15) is 14.5 Å². The van der Waals surface area contributed by atoms with E-state index in [9.17, 15) is 4.79 Å². The molecule has 2 aromatic heterocycles. The smallest absolute Gasteiger partial charge is 0.265 e. The maximum atomic E-state index is 11.8. The molecule has 0 radical (unpaired) electrons. The average Bonchev–Trinajstić information content (AvgIpc) is 2.70. The second-order valence-corrected chi connectivity index (χ2v) is 5.86. The molecule has 0 aliphatic carbocycles. The lowest BCUT2D eigenvalue weighted by molar-refractivity contribution is 0.103. The lowest BCUT2D eigenvalue weighted by atomic mass is 10.4. The SMILES string of the molecule is Cc1ccc(C(=O)Nc2cnc(Cl)c(Br)c2)s1. The van der Waals surface area contributed by atoms with Crippen LogP contribution in [0, 0.1) is 6.92 Å². The van der Waals surface area contributed by atoms with E-state index in [1.54, 1.807) is 12.1 Å². The Labute approximate surface area is 116 Å². The first-order valence-corrected chi connectivity index (χ1v) is 6.74. The van der Waals surface area contributed by atoms with Gasteiger partial charge in [-0.3, -0.25) is 4.79 Å². The number of carbonyl (C=O) groups excluding carboxylic acids is 1. The van der Waals surface area contributed by atoms with Gasteiger partial charge in [0, 0.05) is 4.88 Å². The van der Waals surface area contributed by atoms with E-state index in [0.29, 0.717) is 20.2 Å². The number of halogens is 2. The van der Waals surface area contributed by atoms with E-state index in [-0.39, 0.29) is 5.91 Å². The van der Waals surface area contributed by atoms with Crippen LogP contribution in [0.15, 0.2) is 28.9 Å². The van der Waals surface area contributed by atoms with Gasteiger partial charge in [0.05, 0.1) is 21.2 Å². The molecule has 0 unspecified atom stereocenters. The molecular weight excluding hydrogens is 324 g/mol. The molecule has 0 atom stereocenters. The Balaban J connectivity index is 2.15. The number of amides is 1. The molecule has 1 N–H and O–H groups in total. The van der Waals surface area contributed by atoms with E-state index < -0.39 is 0 Å². The number of aryl methyl sites for hydroxylation is 1. The summed E-state index contributed by atoms with van der Waals surface area (Å²) >= 11 is 10.5. The van der Waals surface area contributed by atoms with Crippen molar-refractivity contribution in [2.75, 3.05) is 5.32 Å². The van der Waals surface area contributed by atoms with Crippen molar-refractivity contribution < 1.29 is 4.79 Å². The quantitative estimate of drug-likeness (QED) is 0.841. The summed E-state index contributed by atoms with van der Waals surface area (Å²) in [5.74, 6) is -0.140. The Morgan fingerprint density at radius 1 is 1.53 bits per heavy atom. The lowest BCUT2D eigenvalue weighted by Gasteiger charge is -2.04. The predicted molar refractivity (Wildman–Crippen MR) is 74.0 cm³/mol. The Bertz CT molecular complexity index is 570. The highest BCUT2D eigenvalue weighted by atomic mass is 79.9. The molecule has 6 heteroatoms. The van der Waals surface area contributed by atoms with E-state index in [1.807, 2.05) is 13.0 Å². The lowest BCUT2D eigenvalue weighted by Crippen LogP contribution is -2.10. The number of nitrogens with zero attached hydrogens (tertiary/aromatic N) is 1. The number of hydrogen-bond donors (Lipinski definition) is 1. The van der Waals surface area contributed by atoms with Gasteiger partial charge in [0.1, 0.15) is 5.15 Å². The van der Waals surface area contributed by atoms with Gasteiger partial charge in [-0.25, -0.2) is 4.98 Å². The van der Waals surface area contributed by atoms with Crippen LogP contribution in [-0.2, 0) is 0 Å². The van der Waals surface area contributed by atoms with Gasteiger partial charge in [0.2, 0.25) is 0 Å². The molecule has 2 rings (SSSR count). The number of hydrogen-bond acceptors (Lipinski definition) is 3. The van der Waals surface area contributed by atoms with Gasteiger partial charge in [-0.1, -0.05) is 11.6 Å². The summed E-state index contributed by atoms with van der Waals surface area (Å²) in [6.07, 6.45) is 1.52. The normalized spacial score (nSPS) is 10.3. The van der Waals surface area contributed by atoms with Crippen LogP contribution in [0.4, 0.5) is 5.69 Å². The van der Waals surface area contributed by atoms with Gasteiger partial charge < -0.3 is 5.32 Å². The third kappa shape index (κ3) is 3.06. The van der Waals surface area contributed by atoms with Crippen molar-refractivity contribution in [3.63, 3.8) is 0 Å². The topological polar surface area (TPSA) is 42.0 Å². The minimum absolute atomic E-state index is 0.140. The van der Waals surface area contributed by atoms with Crippen LogP contribution >= 0.6 is 38.9 Å². The van der Waals surface area contributed by atoms with E-state index in [1.165, 1.54) is 17.5 Å². The molecule has 0 aromatic carbocycles. The minimum atomic E-state index is -0.140. The number of carbonyl (C=O) groups is 1. The van der Waals surface area contributed by atoms with Gasteiger partial charge in [-0.15, -0.1) is 11.3 Å². The van der Waals surface area contributed by atoms with Gasteiger partial charge >= 0.3 is 0 Å². The monoisotopic (exact) mass is 330 g/mol. The molecule has 3 nitrogen and oxygen atoms in total. The first-order chi connectivity index (χ1) is 8.06. The van der Waals surface area contributed by atoms with Gasteiger partial charge in [-0.2, -0.15) is 0 Å². The third-order valence-electron chi connectivity index (χ3n) is 2.02. The third-order valence-corrected chi connectivity index (χ3v) is 4.15. The fourth-order valence-corrected chi connectivity index (χ4v) is 2.45. The Morgan fingerprint density at radius 2 is 2.29 bits per heavy atom. The summed E-state index contributed by atoms with van der Waals surface area (Å²) in [6.45, 7) is 1.96. The molecule has 0 spiro atoms. The van der Waals surface area contributed by atoms with Crippen LogP contribution in [0.5, 0.6) is 0 Å². The van der Waals surface area contributed by atoms with Crippen LogP contribution in [0.25, 0.3) is 0 Å². The zero-order valence-electron chi connectivity index (χ0n) is 8.83. The standard InChI is InChI=1S/C11H8BrClN2OS/c1-6-2-3-9(17-6)11(16)15-7-4-8(12)10(13)14-5-7/h2-5H,1H3,(H,15,16). The largest absolute Gasteiger partial charge is 0.320 e. The summed E-state index contributed by atoms with van der Waals surface area (Å²) < 4.78 is 0.652. The molecule has 88 valence electrons. The molecular formula is C11H8BrClN2OS. The van der Waals surface area contributed by atoms with Crippen molar-refractivity contribution in [1.82, 2.24) is 4.98 Å². The fourth-order valence-electron chi connectivity index (χ4n) is 1.24. The second-order valence-electron chi connectivity index (χ2n) is 3.36. The van der Waals surface area contributed by atoms with Crippen molar-refractivity contribution in [1.29, 1.82) is 0 Å². The molecule has 2 heterocycles. The summed E-state index contributed by atoms with van der Waals surface area (Å²) in [6, 6.07) is 5.43. The first kappa shape index (κ1) is 12.5.